The maximum atomic E-state index is 12.9. The van der Waals surface area contributed by atoms with E-state index < -0.39 is 0 Å². The van der Waals surface area contributed by atoms with E-state index in [1.54, 1.807) is 7.11 Å². The number of methoxy groups -OCH3 is 1. The molecule has 3 fully saturated rings. The average molecular weight is 373 g/mol. The van der Waals surface area contributed by atoms with Crippen LogP contribution in [0.5, 0.6) is 11.5 Å². The summed E-state index contributed by atoms with van der Waals surface area (Å²) in [6, 6.07) is 6.18. The largest absolute Gasteiger partial charge is 0.493 e. The summed E-state index contributed by atoms with van der Waals surface area (Å²) in [4.78, 5) is 14.9. The molecule has 1 aromatic rings. The lowest BCUT2D eigenvalue weighted by Gasteiger charge is -2.32. The van der Waals surface area contributed by atoms with E-state index in [2.05, 4.69) is 5.32 Å². The molecule has 3 aliphatic rings. The Hall–Kier alpha value is -1.75. The maximum Gasteiger partial charge on any atom is 0.253 e. The molecule has 1 aromatic carbocycles. The smallest absolute Gasteiger partial charge is 0.253 e. The molecule has 2 aliphatic carbocycles. The molecule has 2 saturated carbocycles. The van der Waals surface area contributed by atoms with Crippen LogP contribution in [0.25, 0.3) is 0 Å². The lowest BCUT2D eigenvalue weighted by atomic mass is 10.0. The van der Waals surface area contributed by atoms with Crippen LogP contribution in [0, 0.1) is 5.92 Å². The molecule has 0 spiro atoms. The Kier molecular flexibility index (Phi) is 5.86. The maximum absolute atomic E-state index is 12.9. The first-order valence-electron chi connectivity index (χ1n) is 10.6. The number of hydrogen-bond donors (Lipinski definition) is 1. The van der Waals surface area contributed by atoms with Gasteiger partial charge in [-0.2, -0.15) is 0 Å². The zero-order valence-electron chi connectivity index (χ0n) is 16.4. The second-order valence-electron chi connectivity index (χ2n) is 8.31. The third-order valence-corrected chi connectivity index (χ3v) is 6.18. The number of hydrogen-bond acceptors (Lipinski definition) is 4. The summed E-state index contributed by atoms with van der Waals surface area (Å²) in [6.07, 6.45) is 9.80. The van der Waals surface area contributed by atoms with Crippen molar-refractivity contribution in [2.45, 2.75) is 63.5 Å². The minimum Gasteiger partial charge on any atom is -0.493 e. The highest BCUT2D eigenvalue weighted by Gasteiger charge is 2.27. The van der Waals surface area contributed by atoms with Crippen molar-refractivity contribution in [1.82, 2.24) is 10.2 Å². The first-order chi connectivity index (χ1) is 13.2. The number of ether oxygens (including phenoxy) is 2. The van der Waals surface area contributed by atoms with E-state index in [1.165, 1.54) is 25.7 Å². The SMILES string of the molecule is COc1cc(C(=O)N2CCC(NCC3CC3)CC2)ccc1OC1CCCC1. The lowest BCUT2D eigenvalue weighted by molar-refractivity contribution is 0.0704. The number of nitrogens with zero attached hydrogens (tertiary/aromatic N) is 1. The number of piperidine rings is 1. The topological polar surface area (TPSA) is 50.8 Å². The number of amides is 1. The van der Waals surface area contributed by atoms with Crippen LogP contribution in [-0.4, -0.2) is 49.7 Å². The summed E-state index contributed by atoms with van der Waals surface area (Å²) >= 11 is 0. The normalized spacial score (nSPS) is 21.4. The van der Waals surface area contributed by atoms with Gasteiger partial charge in [-0.15, -0.1) is 0 Å². The summed E-state index contributed by atoms with van der Waals surface area (Å²) in [7, 11) is 1.64. The molecule has 1 N–H and O–H groups in total. The molecule has 1 amide bonds. The van der Waals surface area contributed by atoms with Crippen molar-refractivity contribution < 1.29 is 14.3 Å². The first kappa shape index (κ1) is 18.6. The van der Waals surface area contributed by atoms with Gasteiger partial charge in [0.1, 0.15) is 0 Å². The molecule has 27 heavy (non-hydrogen) atoms. The molecule has 0 radical (unpaired) electrons. The van der Waals surface area contributed by atoms with Crippen molar-refractivity contribution in [2.75, 3.05) is 26.7 Å². The van der Waals surface area contributed by atoms with Gasteiger partial charge in [0.05, 0.1) is 13.2 Å². The third kappa shape index (κ3) is 4.75. The van der Waals surface area contributed by atoms with Gasteiger partial charge < -0.3 is 19.7 Å². The van der Waals surface area contributed by atoms with Crippen LogP contribution >= 0.6 is 0 Å². The van der Waals surface area contributed by atoms with Gasteiger partial charge in [-0.05, 0) is 82.0 Å². The summed E-state index contributed by atoms with van der Waals surface area (Å²) in [5.74, 6) is 2.42. The molecule has 5 nitrogen and oxygen atoms in total. The molecule has 0 aromatic heterocycles. The van der Waals surface area contributed by atoms with E-state index in [4.69, 9.17) is 9.47 Å². The fourth-order valence-electron chi connectivity index (χ4n) is 4.21. The van der Waals surface area contributed by atoms with Gasteiger partial charge in [0.25, 0.3) is 5.91 Å². The number of carbonyl (C=O) groups is 1. The van der Waals surface area contributed by atoms with Gasteiger partial charge in [-0.3, -0.25) is 4.79 Å². The zero-order chi connectivity index (χ0) is 18.6. The van der Waals surface area contributed by atoms with Crippen LogP contribution < -0.4 is 14.8 Å². The molecular formula is C22H32N2O3. The lowest BCUT2D eigenvalue weighted by Crippen LogP contribution is -2.45. The fraction of sp³-hybridized carbons (Fsp3) is 0.682. The zero-order valence-corrected chi connectivity index (χ0v) is 16.4. The fourth-order valence-corrected chi connectivity index (χ4v) is 4.21. The molecule has 0 atom stereocenters. The number of rotatable bonds is 7. The Balaban J connectivity index is 1.33. The molecule has 1 heterocycles. The summed E-state index contributed by atoms with van der Waals surface area (Å²) in [5, 5.41) is 3.67. The van der Waals surface area contributed by atoms with Gasteiger partial charge >= 0.3 is 0 Å². The van der Waals surface area contributed by atoms with Crippen molar-refractivity contribution in [3.63, 3.8) is 0 Å². The van der Waals surface area contributed by atoms with Crippen molar-refractivity contribution in [2.24, 2.45) is 5.92 Å². The van der Waals surface area contributed by atoms with Gasteiger partial charge in [-0.1, -0.05) is 0 Å². The highest BCUT2D eigenvalue weighted by Crippen LogP contribution is 2.33. The van der Waals surface area contributed by atoms with Crippen molar-refractivity contribution in [1.29, 1.82) is 0 Å². The van der Waals surface area contributed by atoms with E-state index >= 15 is 0 Å². The Morgan fingerprint density at radius 3 is 2.48 bits per heavy atom. The molecule has 1 saturated heterocycles. The second kappa shape index (κ2) is 8.51. The van der Waals surface area contributed by atoms with Crippen LogP contribution in [0.15, 0.2) is 18.2 Å². The van der Waals surface area contributed by atoms with Crippen molar-refractivity contribution in [3.05, 3.63) is 23.8 Å². The number of nitrogens with one attached hydrogen (secondary N) is 1. The van der Waals surface area contributed by atoms with E-state index in [0.717, 1.165) is 57.0 Å². The van der Waals surface area contributed by atoms with Crippen molar-refractivity contribution in [3.8, 4) is 11.5 Å². The van der Waals surface area contributed by atoms with Gasteiger partial charge in [0, 0.05) is 24.7 Å². The van der Waals surface area contributed by atoms with Crippen LogP contribution in [0.2, 0.25) is 0 Å². The minimum absolute atomic E-state index is 0.0985. The van der Waals surface area contributed by atoms with Crippen LogP contribution in [0.1, 0.15) is 61.7 Å². The molecule has 1 aliphatic heterocycles. The Bertz CT molecular complexity index is 645. The Labute approximate surface area is 162 Å². The highest BCUT2D eigenvalue weighted by atomic mass is 16.5. The summed E-state index contributed by atoms with van der Waals surface area (Å²) < 4.78 is 11.6. The Morgan fingerprint density at radius 1 is 1.07 bits per heavy atom. The number of likely N-dealkylation sites (tertiary alicyclic amines) is 1. The van der Waals surface area contributed by atoms with Gasteiger partial charge in [-0.25, -0.2) is 0 Å². The van der Waals surface area contributed by atoms with Crippen molar-refractivity contribution >= 4 is 5.91 Å². The predicted octanol–water partition coefficient (Wildman–Crippen LogP) is 3.62. The van der Waals surface area contributed by atoms with E-state index in [9.17, 15) is 4.79 Å². The summed E-state index contributed by atoms with van der Waals surface area (Å²) in [6.45, 7) is 2.80. The number of benzene rings is 1. The molecule has 0 bridgehead atoms. The van der Waals surface area contributed by atoms with E-state index in [-0.39, 0.29) is 12.0 Å². The molecule has 5 heteroatoms. The van der Waals surface area contributed by atoms with Crippen LogP contribution in [0.3, 0.4) is 0 Å². The summed E-state index contributed by atoms with van der Waals surface area (Å²) in [5.41, 5.74) is 0.690. The van der Waals surface area contributed by atoms with Crippen LogP contribution in [-0.2, 0) is 0 Å². The van der Waals surface area contributed by atoms with E-state index in [0.29, 0.717) is 17.4 Å². The molecule has 148 valence electrons. The first-order valence-corrected chi connectivity index (χ1v) is 10.6. The van der Waals surface area contributed by atoms with Crippen LogP contribution in [0.4, 0.5) is 0 Å². The highest BCUT2D eigenvalue weighted by molar-refractivity contribution is 5.95. The van der Waals surface area contributed by atoms with Gasteiger partial charge in [0.15, 0.2) is 11.5 Å². The standard InChI is InChI=1S/C22H32N2O3/c1-26-21-14-17(8-9-20(21)27-19-4-2-3-5-19)22(25)24-12-10-18(11-13-24)23-15-16-6-7-16/h8-9,14,16,18-19,23H,2-7,10-13,15H2,1H3. The molecule has 4 rings (SSSR count). The predicted molar refractivity (Wildman–Crippen MR) is 106 cm³/mol. The monoisotopic (exact) mass is 372 g/mol. The molecular weight excluding hydrogens is 340 g/mol. The molecule has 0 unspecified atom stereocenters. The quantitative estimate of drug-likeness (QED) is 0.794. The average Bonchev–Trinajstić information content (AvgIpc) is 3.41. The second-order valence-corrected chi connectivity index (χ2v) is 8.31. The van der Waals surface area contributed by atoms with E-state index in [1.807, 2.05) is 23.1 Å². The minimum atomic E-state index is 0.0985. The Morgan fingerprint density at radius 2 is 1.81 bits per heavy atom. The number of carbonyl (C=O) groups excluding carboxylic acids is 1. The third-order valence-electron chi connectivity index (χ3n) is 6.18. The van der Waals surface area contributed by atoms with Gasteiger partial charge in [0.2, 0.25) is 0 Å².